The molecule has 1 atom stereocenters. The molecule has 0 saturated carbocycles. The van der Waals surface area contributed by atoms with Gasteiger partial charge in [0.1, 0.15) is 23.8 Å². The minimum atomic E-state index is -0.493. The molecule has 2 N–H and O–H groups in total. The maximum Gasteiger partial charge on any atom is 0.270 e. The summed E-state index contributed by atoms with van der Waals surface area (Å²) in [6.07, 6.45) is 1.41. The van der Waals surface area contributed by atoms with Crippen molar-refractivity contribution in [2.24, 2.45) is 5.16 Å². The first-order chi connectivity index (χ1) is 17.8. The molecular weight excluding hydrogens is 483 g/mol. The highest BCUT2D eigenvalue weighted by molar-refractivity contribution is 6.02. The number of rotatable bonds is 8. The average molecular weight is 509 g/mol. The van der Waals surface area contributed by atoms with Crippen LogP contribution in [-0.4, -0.2) is 46.2 Å². The lowest BCUT2D eigenvalue weighted by Crippen LogP contribution is -2.30. The molecule has 0 bridgehead atoms. The second kappa shape index (κ2) is 11.0. The molecule has 2 amide bonds. The predicted molar refractivity (Wildman–Crippen MR) is 131 cm³/mol. The SMILES string of the molecule is CNC(=O)Cn1cc([C@@H]2CC(c3cc(C(=O)NCc4ccc(F)c(OC)c4)nc(C)n3)=NO2)ccc1=O. The van der Waals surface area contributed by atoms with Crippen molar-refractivity contribution in [2.45, 2.75) is 32.5 Å². The van der Waals surface area contributed by atoms with Crippen molar-refractivity contribution in [2.75, 3.05) is 14.2 Å². The monoisotopic (exact) mass is 508 g/mol. The number of carbonyl (C=O) groups is 2. The fourth-order valence-corrected chi connectivity index (χ4v) is 3.72. The van der Waals surface area contributed by atoms with E-state index in [2.05, 4.69) is 25.8 Å². The number of likely N-dealkylation sites (N-methyl/N-ethyl adjacent to an activating group) is 1. The first-order valence-electron chi connectivity index (χ1n) is 11.4. The number of hydrogen-bond acceptors (Lipinski definition) is 8. The number of aryl methyl sites for hydroxylation is 1. The molecule has 0 radical (unpaired) electrons. The van der Waals surface area contributed by atoms with Crippen LogP contribution in [0.25, 0.3) is 0 Å². The van der Waals surface area contributed by atoms with Crippen LogP contribution in [-0.2, 0) is 22.7 Å². The molecule has 192 valence electrons. The number of ether oxygens (including phenoxy) is 1. The van der Waals surface area contributed by atoms with E-state index in [1.165, 1.54) is 43.0 Å². The normalized spacial score (nSPS) is 14.5. The van der Waals surface area contributed by atoms with E-state index < -0.39 is 17.8 Å². The van der Waals surface area contributed by atoms with Crippen molar-refractivity contribution in [1.82, 2.24) is 25.2 Å². The van der Waals surface area contributed by atoms with Crippen LogP contribution in [0.1, 0.15) is 45.7 Å². The summed E-state index contributed by atoms with van der Waals surface area (Å²) in [4.78, 5) is 50.8. The third-order valence-corrected chi connectivity index (χ3v) is 5.67. The van der Waals surface area contributed by atoms with E-state index in [1.807, 2.05) is 0 Å². The van der Waals surface area contributed by atoms with Gasteiger partial charge < -0.3 is 24.8 Å². The van der Waals surface area contributed by atoms with Crippen molar-refractivity contribution in [3.8, 4) is 5.75 Å². The van der Waals surface area contributed by atoms with E-state index in [-0.39, 0.29) is 36.0 Å². The Morgan fingerprint density at radius 1 is 1.22 bits per heavy atom. The van der Waals surface area contributed by atoms with Crippen LogP contribution in [0.2, 0.25) is 0 Å². The average Bonchev–Trinajstić information content (AvgIpc) is 3.39. The molecule has 0 saturated heterocycles. The number of benzene rings is 1. The van der Waals surface area contributed by atoms with Crippen molar-refractivity contribution < 1.29 is 23.6 Å². The Morgan fingerprint density at radius 3 is 2.78 bits per heavy atom. The zero-order chi connectivity index (χ0) is 26.5. The number of aromatic nitrogens is 3. The van der Waals surface area contributed by atoms with Crippen LogP contribution in [0.3, 0.4) is 0 Å². The Morgan fingerprint density at radius 2 is 2.03 bits per heavy atom. The summed E-state index contributed by atoms with van der Waals surface area (Å²) < 4.78 is 19.9. The van der Waals surface area contributed by atoms with Gasteiger partial charge >= 0.3 is 0 Å². The van der Waals surface area contributed by atoms with Gasteiger partial charge in [0.2, 0.25) is 5.91 Å². The first kappa shape index (κ1) is 25.5. The van der Waals surface area contributed by atoms with Crippen LogP contribution >= 0.6 is 0 Å². The number of halogens is 1. The number of nitrogens with zero attached hydrogens (tertiary/aromatic N) is 4. The van der Waals surface area contributed by atoms with Gasteiger partial charge in [-0.1, -0.05) is 11.2 Å². The van der Waals surface area contributed by atoms with Crippen LogP contribution < -0.4 is 20.9 Å². The van der Waals surface area contributed by atoms with Gasteiger partial charge in [-0.25, -0.2) is 14.4 Å². The van der Waals surface area contributed by atoms with Gasteiger partial charge in [-0.2, -0.15) is 0 Å². The molecular formula is C25H25FN6O5. The van der Waals surface area contributed by atoms with Gasteiger partial charge in [0.15, 0.2) is 17.7 Å². The molecule has 37 heavy (non-hydrogen) atoms. The van der Waals surface area contributed by atoms with Gasteiger partial charge in [-0.3, -0.25) is 14.4 Å². The molecule has 1 aliphatic heterocycles. The lowest BCUT2D eigenvalue weighted by atomic mass is 10.0. The molecule has 1 aromatic carbocycles. The molecule has 2 aromatic heterocycles. The van der Waals surface area contributed by atoms with Gasteiger partial charge in [0.25, 0.3) is 11.5 Å². The minimum Gasteiger partial charge on any atom is -0.494 e. The molecule has 3 aromatic rings. The van der Waals surface area contributed by atoms with Crippen LogP contribution in [0, 0.1) is 12.7 Å². The smallest absolute Gasteiger partial charge is 0.270 e. The maximum absolute atomic E-state index is 13.6. The summed E-state index contributed by atoms with van der Waals surface area (Å²) in [5, 5.41) is 9.37. The van der Waals surface area contributed by atoms with Crippen LogP contribution in [0.15, 0.2) is 52.5 Å². The second-order valence-electron chi connectivity index (χ2n) is 8.28. The fourth-order valence-electron chi connectivity index (χ4n) is 3.72. The maximum atomic E-state index is 13.6. The summed E-state index contributed by atoms with van der Waals surface area (Å²) in [5.41, 5.74) is 2.10. The number of hydrogen-bond donors (Lipinski definition) is 2. The molecule has 0 spiro atoms. The number of oxime groups is 1. The van der Waals surface area contributed by atoms with Gasteiger partial charge in [0.05, 0.1) is 12.8 Å². The van der Waals surface area contributed by atoms with E-state index in [1.54, 1.807) is 25.3 Å². The molecule has 1 aliphatic rings. The first-order valence-corrected chi connectivity index (χ1v) is 11.4. The fraction of sp³-hybridized carbons (Fsp3) is 0.280. The number of pyridine rings is 1. The highest BCUT2D eigenvalue weighted by atomic mass is 19.1. The van der Waals surface area contributed by atoms with Crippen molar-refractivity contribution in [3.63, 3.8) is 0 Å². The molecule has 12 heteroatoms. The number of carbonyl (C=O) groups excluding carboxylic acids is 2. The molecule has 11 nitrogen and oxygen atoms in total. The Labute approximate surface area is 211 Å². The lowest BCUT2D eigenvalue weighted by molar-refractivity contribution is -0.121. The summed E-state index contributed by atoms with van der Waals surface area (Å²) in [6, 6.07) is 8.84. The summed E-state index contributed by atoms with van der Waals surface area (Å²) >= 11 is 0. The third kappa shape index (κ3) is 5.97. The zero-order valence-corrected chi connectivity index (χ0v) is 20.4. The van der Waals surface area contributed by atoms with Gasteiger partial charge in [0, 0.05) is 37.8 Å². The molecule has 0 aliphatic carbocycles. The quantitative estimate of drug-likeness (QED) is 0.472. The Hall–Kier alpha value is -4.61. The van der Waals surface area contributed by atoms with Crippen molar-refractivity contribution >= 4 is 17.5 Å². The van der Waals surface area contributed by atoms with Crippen molar-refractivity contribution in [1.29, 1.82) is 0 Å². The van der Waals surface area contributed by atoms with Crippen LogP contribution in [0.4, 0.5) is 4.39 Å². The molecule has 3 heterocycles. The minimum absolute atomic E-state index is 0.0877. The van der Waals surface area contributed by atoms with Crippen molar-refractivity contribution in [3.05, 3.63) is 87.1 Å². The van der Waals surface area contributed by atoms with Gasteiger partial charge in [-0.05, 0) is 36.8 Å². The van der Waals surface area contributed by atoms with Crippen LogP contribution in [0.5, 0.6) is 5.75 Å². The molecule has 4 rings (SSSR count). The molecule has 0 unspecified atom stereocenters. The second-order valence-corrected chi connectivity index (χ2v) is 8.28. The Bertz CT molecular complexity index is 1440. The highest BCUT2D eigenvalue weighted by Crippen LogP contribution is 2.28. The summed E-state index contributed by atoms with van der Waals surface area (Å²) in [5.74, 6) is -0.769. The van der Waals surface area contributed by atoms with Gasteiger partial charge in [-0.15, -0.1) is 0 Å². The number of amides is 2. The third-order valence-electron chi connectivity index (χ3n) is 5.67. The largest absolute Gasteiger partial charge is 0.494 e. The zero-order valence-electron chi connectivity index (χ0n) is 20.4. The van der Waals surface area contributed by atoms with E-state index in [4.69, 9.17) is 9.57 Å². The lowest BCUT2D eigenvalue weighted by Gasteiger charge is -2.11. The van der Waals surface area contributed by atoms with E-state index >= 15 is 0 Å². The molecule has 0 fully saturated rings. The summed E-state index contributed by atoms with van der Waals surface area (Å²) in [6.45, 7) is 1.69. The number of nitrogens with one attached hydrogen (secondary N) is 2. The van der Waals surface area contributed by atoms with E-state index in [0.717, 1.165) is 0 Å². The Balaban J connectivity index is 1.46. The predicted octanol–water partition coefficient (Wildman–Crippen LogP) is 1.64. The summed E-state index contributed by atoms with van der Waals surface area (Å²) in [7, 11) is 2.86. The topological polar surface area (TPSA) is 137 Å². The number of methoxy groups -OCH3 is 1. The van der Waals surface area contributed by atoms with E-state index in [0.29, 0.717) is 34.8 Å². The highest BCUT2D eigenvalue weighted by Gasteiger charge is 2.26. The standard InChI is InChI=1S/C25H25FN6O5/c1-14-29-18(9-20(30-14)25(35)28-11-15-4-6-17(26)22(8-15)36-3)19-10-21(37-31-19)16-5-7-24(34)32(12-16)13-23(33)27-2/h4-9,12,21H,10-11,13H2,1-3H3,(H,27,33)(H,28,35)/t21-/m0/s1. The Kier molecular flexibility index (Phi) is 7.56. The van der Waals surface area contributed by atoms with E-state index in [9.17, 15) is 18.8 Å².